The third kappa shape index (κ3) is 4.00. The summed E-state index contributed by atoms with van der Waals surface area (Å²) in [5.41, 5.74) is 0. The lowest BCUT2D eigenvalue weighted by Gasteiger charge is -2.37. The Kier molecular flexibility index (Phi) is 4.84. The zero-order valence-corrected chi connectivity index (χ0v) is 12.9. The van der Waals surface area contributed by atoms with Gasteiger partial charge < -0.3 is 24.4 Å². The maximum Gasteiger partial charge on any atom is 0.228 e. The minimum Gasteiger partial charge on any atom is -0.378 e. The fourth-order valence-corrected chi connectivity index (χ4v) is 2.95. The van der Waals surface area contributed by atoms with Gasteiger partial charge >= 0.3 is 0 Å². The van der Waals surface area contributed by atoms with Gasteiger partial charge in [-0.25, -0.2) is 0 Å². The molecule has 1 N–H and O–H groups in total. The van der Waals surface area contributed by atoms with Crippen molar-refractivity contribution in [2.24, 2.45) is 0 Å². The predicted molar refractivity (Wildman–Crippen MR) is 78.2 cm³/mol. The molecule has 0 bridgehead atoms. The second kappa shape index (κ2) is 6.83. The van der Waals surface area contributed by atoms with E-state index in [0.29, 0.717) is 18.5 Å². The number of nitrogens with one attached hydrogen (secondary N) is 1. The van der Waals surface area contributed by atoms with Gasteiger partial charge in [0.1, 0.15) is 0 Å². The van der Waals surface area contributed by atoms with Crippen LogP contribution in [0, 0.1) is 0 Å². The summed E-state index contributed by atoms with van der Waals surface area (Å²) < 4.78 is 10.8. The molecular formula is C14H25N5O2. The first-order valence-corrected chi connectivity index (χ1v) is 7.72. The first-order chi connectivity index (χ1) is 10.2. The van der Waals surface area contributed by atoms with E-state index in [1.165, 1.54) is 0 Å². The second-order valence-corrected chi connectivity index (χ2v) is 6.14. The summed E-state index contributed by atoms with van der Waals surface area (Å²) in [4.78, 5) is 9.28. The fraction of sp³-hybridized carbons (Fsp3) is 0.857. The van der Waals surface area contributed by atoms with Gasteiger partial charge in [0.15, 0.2) is 5.82 Å². The summed E-state index contributed by atoms with van der Waals surface area (Å²) in [5, 5.41) is 7.54. The molecule has 3 heterocycles. The Bertz CT molecular complexity index is 446. The number of ether oxygens (including phenoxy) is 1. The molecule has 3 rings (SSSR count). The number of aromatic nitrogens is 2. The van der Waals surface area contributed by atoms with Crippen molar-refractivity contribution in [2.75, 3.05) is 53.5 Å². The van der Waals surface area contributed by atoms with E-state index in [4.69, 9.17) is 9.26 Å². The molecule has 118 valence electrons. The predicted octanol–water partition coefficient (Wildman–Crippen LogP) is -0.611. The number of likely N-dealkylation sites (N-methyl/N-ethyl adjacent to an activating group) is 2. The van der Waals surface area contributed by atoms with Crippen molar-refractivity contribution in [1.82, 2.24) is 25.3 Å². The first kappa shape index (κ1) is 14.9. The molecule has 0 radical (unpaired) electrons. The van der Waals surface area contributed by atoms with Crippen molar-refractivity contribution in [2.45, 2.75) is 24.9 Å². The highest BCUT2D eigenvalue weighted by atomic mass is 16.5. The zero-order chi connectivity index (χ0) is 14.7. The van der Waals surface area contributed by atoms with Gasteiger partial charge in [-0.2, -0.15) is 4.98 Å². The normalized spacial score (nSPS) is 28.9. The molecule has 2 unspecified atom stereocenters. The summed E-state index contributed by atoms with van der Waals surface area (Å²) in [6.07, 6.45) is 1.59. The molecule has 0 saturated carbocycles. The Hall–Kier alpha value is -1.02. The van der Waals surface area contributed by atoms with Crippen LogP contribution >= 0.6 is 0 Å². The Morgan fingerprint density at radius 2 is 2.19 bits per heavy atom. The van der Waals surface area contributed by atoms with Crippen molar-refractivity contribution >= 4 is 0 Å². The van der Waals surface area contributed by atoms with Crippen LogP contribution in [0.15, 0.2) is 4.52 Å². The largest absolute Gasteiger partial charge is 0.378 e. The first-order valence-electron chi connectivity index (χ1n) is 7.72. The minimum atomic E-state index is 0.288. The van der Waals surface area contributed by atoms with E-state index >= 15 is 0 Å². The molecule has 1 aromatic heterocycles. The number of hydrogen-bond acceptors (Lipinski definition) is 7. The molecule has 7 heteroatoms. The Labute approximate surface area is 125 Å². The molecule has 21 heavy (non-hydrogen) atoms. The van der Waals surface area contributed by atoms with Crippen LogP contribution in [-0.2, 0) is 17.6 Å². The Morgan fingerprint density at radius 3 is 3.00 bits per heavy atom. The molecule has 2 saturated heterocycles. The number of morpholine rings is 1. The topological polar surface area (TPSA) is 66.7 Å². The average Bonchev–Trinajstić information content (AvgIpc) is 2.91. The quantitative estimate of drug-likeness (QED) is 0.795. The van der Waals surface area contributed by atoms with E-state index in [9.17, 15) is 0 Å². The van der Waals surface area contributed by atoms with Crippen molar-refractivity contribution in [3.8, 4) is 0 Å². The molecule has 0 amide bonds. The van der Waals surface area contributed by atoms with Gasteiger partial charge in [0.2, 0.25) is 5.89 Å². The van der Waals surface area contributed by atoms with E-state index in [0.717, 1.165) is 51.5 Å². The zero-order valence-electron chi connectivity index (χ0n) is 12.9. The number of hydrogen-bond donors (Lipinski definition) is 1. The molecular weight excluding hydrogens is 270 g/mol. The van der Waals surface area contributed by atoms with Crippen molar-refractivity contribution in [3.05, 3.63) is 11.7 Å². The van der Waals surface area contributed by atoms with Crippen molar-refractivity contribution in [3.63, 3.8) is 0 Å². The van der Waals surface area contributed by atoms with Gasteiger partial charge in [0.05, 0.1) is 13.2 Å². The summed E-state index contributed by atoms with van der Waals surface area (Å²) in [5.74, 6) is 1.52. The van der Waals surface area contributed by atoms with E-state index in [1.807, 2.05) is 0 Å². The molecule has 2 atom stereocenters. The SMILES string of the molecule is CN1CCN(C)C(Cc2noc(CC3COCCN3)n2)C1. The summed E-state index contributed by atoms with van der Waals surface area (Å²) in [6.45, 7) is 5.66. The average molecular weight is 295 g/mol. The summed E-state index contributed by atoms with van der Waals surface area (Å²) in [7, 11) is 4.33. The van der Waals surface area contributed by atoms with Gasteiger partial charge in [-0.05, 0) is 14.1 Å². The number of rotatable bonds is 4. The number of piperazine rings is 1. The standard InChI is InChI=1S/C14H25N5O2/c1-18-4-5-19(2)12(9-18)8-13-16-14(21-17-13)7-11-10-20-6-3-15-11/h11-12,15H,3-10H2,1-2H3. The van der Waals surface area contributed by atoms with Crippen LogP contribution in [-0.4, -0.2) is 85.5 Å². The maximum absolute atomic E-state index is 5.44. The smallest absolute Gasteiger partial charge is 0.228 e. The lowest BCUT2D eigenvalue weighted by Crippen LogP contribution is -2.50. The van der Waals surface area contributed by atoms with E-state index in [1.54, 1.807) is 0 Å². The molecule has 0 spiro atoms. The van der Waals surface area contributed by atoms with Gasteiger partial charge in [0.25, 0.3) is 0 Å². The van der Waals surface area contributed by atoms with Gasteiger partial charge in [0, 0.05) is 51.1 Å². The second-order valence-electron chi connectivity index (χ2n) is 6.14. The van der Waals surface area contributed by atoms with Crippen LogP contribution in [0.1, 0.15) is 11.7 Å². The van der Waals surface area contributed by atoms with Crippen LogP contribution < -0.4 is 5.32 Å². The molecule has 1 aromatic rings. The van der Waals surface area contributed by atoms with Crippen molar-refractivity contribution in [1.29, 1.82) is 0 Å². The highest BCUT2D eigenvalue weighted by molar-refractivity contribution is 4.95. The Balaban J connectivity index is 1.54. The highest BCUT2D eigenvalue weighted by Gasteiger charge is 2.24. The summed E-state index contributed by atoms with van der Waals surface area (Å²) in [6, 6.07) is 0.751. The van der Waals surface area contributed by atoms with Crippen LogP contribution in [0.5, 0.6) is 0 Å². The third-order valence-corrected chi connectivity index (χ3v) is 4.33. The molecule has 2 fully saturated rings. The molecule has 2 aliphatic rings. The molecule has 2 aliphatic heterocycles. The van der Waals surface area contributed by atoms with E-state index in [-0.39, 0.29) is 6.04 Å². The van der Waals surface area contributed by atoms with Crippen LogP contribution in [0.3, 0.4) is 0 Å². The lowest BCUT2D eigenvalue weighted by molar-refractivity contribution is 0.0744. The monoisotopic (exact) mass is 295 g/mol. The molecule has 0 aromatic carbocycles. The van der Waals surface area contributed by atoms with Crippen LogP contribution in [0.2, 0.25) is 0 Å². The van der Waals surface area contributed by atoms with Crippen LogP contribution in [0.4, 0.5) is 0 Å². The third-order valence-electron chi connectivity index (χ3n) is 4.33. The van der Waals surface area contributed by atoms with E-state index < -0.39 is 0 Å². The minimum absolute atomic E-state index is 0.288. The Morgan fingerprint density at radius 1 is 1.29 bits per heavy atom. The van der Waals surface area contributed by atoms with Gasteiger partial charge in [-0.3, -0.25) is 0 Å². The fourth-order valence-electron chi connectivity index (χ4n) is 2.95. The van der Waals surface area contributed by atoms with Gasteiger partial charge in [-0.1, -0.05) is 5.16 Å². The lowest BCUT2D eigenvalue weighted by atomic mass is 10.1. The molecule has 7 nitrogen and oxygen atoms in total. The van der Waals surface area contributed by atoms with Crippen LogP contribution in [0.25, 0.3) is 0 Å². The summed E-state index contributed by atoms with van der Waals surface area (Å²) >= 11 is 0. The van der Waals surface area contributed by atoms with E-state index in [2.05, 4.69) is 39.4 Å². The number of nitrogens with zero attached hydrogens (tertiary/aromatic N) is 4. The van der Waals surface area contributed by atoms with Gasteiger partial charge in [-0.15, -0.1) is 0 Å². The highest BCUT2D eigenvalue weighted by Crippen LogP contribution is 2.12. The van der Waals surface area contributed by atoms with Crippen molar-refractivity contribution < 1.29 is 9.26 Å². The maximum atomic E-state index is 5.44. The molecule has 0 aliphatic carbocycles.